The first kappa shape index (κ1) is 12.6. The number of nitrogens with zero attached hydrogens (tertiary/aromatic N) is 1. The number of aromatic amines is 1. The van der Waals surface area contributed by atoms with Gasteiger partial charge in [-0.1, -0.05) is 0 Å². The van der Waals surface area contributed by atoms with E-state index in [0.717, 1.165) is 46.7 Å². The summed E-state index contributed by atoms with van der Waals surface area (Å²) in [5, 5.41) is 4.04. The Morgan fingerprint density at radius 1 is 1.13 bits per heavy atom. The summed E-state index contributed by atoms with van der Waals surface area (Å²) in [6.07, 6.45) is 4.38. The molecule has 0 atom stereocenters. The van der Waals surface area contributed by atoms with Gasteiger partial charge in [-0.25, -0.2) is 4.98 Å². The molecule has 0 saturated carbocycles. The van der Waals surface area contributed by atoms with Crippen LogP contribution in [0.4, 0.5) is 0 Å². The summed E-state index contributed by atoms with van der Waals surface area (Å²) in [6.45, 7) is 0. The second kappa shape index (κ2) is 4.10. The van der Waals surface area contributed by atoms with E-state index in [9.17, 15) is 9.59 Å². The maximum absolute atomic E-state index is 12.4. The molecule has 2 N–H and O–H groups in total. The first-order valence-electron chi connectivity index (χ1n) is 7.58. The van der Waals surface area contributed by atoms with Crippen LogP contribution in [0.3, 0.4) is 0 Å². The van der Waals surface area contributed by atoms with Crippen LogP contribution < -0.4 is 10.1 Å². The van der Waals surface area contributed by atoms with Gasteiger partial charge in [0.1, 0.15) is 11.4 Å². The molecular formula is C17H13N3O3. The van der Waals surface area contributed by atoms with E-state index in [1.807, 2.05) is 6.07 Å². The van der Waals surface area contributed by atoms with Crippen LogP contribution in [0.15, 0.2) is 12.3 Å². The van der Waals surface area contributed by atoms with E-state index in [0.29, 0.717) is 22.5 Å². The molecule has 3 aromatic rings. The summed E-state index contributed by atoms with van der Waals surface area (Å²) >= 11 is 0. The number of carbonyl (C=O) groups is 2. The van der Waals surface area contributed by atoms with Gasteiger partial charge in [0.05, 0.1) is 30.0 Å². The minimum atomic E-state index is -0.326. The Labute approximate surface area is 130 Å². The number of aryl methyl sites for hydroxylation is 1. The lowest BCUT2D eigenvalue weighted by atomic mass is 9.94. The number of pyridine rings is 1. The molecular weight excluding hydrogens is 294 g/mol. The van der Waals surface area contributed by atoms with Gasteiger partial charge in [-0.15, -0.1) is 0 Å². The number of benzene rings is 1. The van der Waals surface area contributed by atoms with Crippen molar-refractivity contribution in [1.82, 2.24) is 15.3 Å². The number of hydrogen-bond acceptors (Lipinski definition) is 4. The minimum Gasteiger partial charge on any atom is -0.495 e. The lowest BCUT2D eigenvalue weighted by molar-refractivity contribution is 0.0880. The summed E-state index contributed by atoms with van der Waals surface area (Å²) in [4.78, 5) is 32.4. The molecule has 2 aliphatic rings. The van der Waals surface area contributed by atoms with Crippen molar-refractivity contribution in [1.29, 1.82) is 0 Å². The van der Waals surface area contributed by atoms with Gasteiger partial charge >= 0.3 is 0 Å². The number of carbonyl (C=O) groups excluding carboxylic acids is 2. The van der Waals surface area contributed by atoms with Gasteiger partial charge in [0, 0.05) is 10.8 Å². The molecule has 0 saturated heterocycles. The van der Waals surface area contributed by atoms with Crippen LogP contribution in [0.25, 0.3) is 21.9 Å². The Morgan fingerprint density at radius 3 is 2.74 bits per heavy atom. The van der Waals surface area contributed by atoms with E-state index in [1.165, 1.54) is 0 Å². The second-order valence-electron chi connectivity index (χ2n) is 5.99. The van der Waals surface area contributed by atoms with E-state index in [-0.39, 0.29) is 11.8 Å². The van der Waals surface area contributed by atoms with Gasteiger partial charge in [-0.05, 0) is 36.5 Å². The topological polar surface area (TPSA) is 84.1 Å². The maximum atomic E-state index is 12.4. The number of rotatable bonds is 1. The highest BCUT2D eigenvalue weighted by Crippen LogP contribution is 2.41. The summed E-state index contributed by atoms with van der Waals surface area (Å²) in [5.74, 6) is 0.0149. The van der Waals surface area contributed by atoms with Crippen molar-refractivity contribution in [2.45, 2.75) is 19.3 Å². The smallest absolute Gasteiger partial charge is 0.259 e. The fourth-order valence-electron chi connectivity index (χ4n) is 3.93. The number of methoxy groups -OCH3 is 1. The molecule has 3 heterocycles. The number of amides is 2. The van der Waals surface area contributed by atoms with E-state index >= 15 is 0 Å². The van der Waals surface area contributed by atoms with Crippen LogP contribution in [0.5, 0.6) is 5.75 Å². The summed E-state index contributed by atoms with van der Waals surface area (Å²) in [6, 6.07) is 1.86. The Kier molecular flexibility index (Phi) is 2.25. The van der Waals surface area contributed by atoms with E-state index in [1.54, 1.807) is 13.3 Å². The summed E-state index contributed by atoms with van der Waals surface area (Å²) in [7, 11) is 1.58. The Bertz CT molecular complexity index is 1050. The van der Waals surface area contributed by atoms with Crippen LogP contribution in [-0.4, -0.2) is 28.9 Å². The Hall–Kier alpha value is -2.89. The van der Waals surface area contributed by atoms with Gasteiger partial charge in [-0.2, -0.15) is 0 Å². The van der Waals surface area contributed by atoms with Crippen molar-refractivity contribution in [2.24, 2.45) is 0 Å². The van der Waals surface area contributed by atoms with Crippen molar-refractivity contribution in [3.8, 4) is 5.75 Å². The number of H-pyrrole nitrogens is 1. The van der Waals surface area contributed by atoms with Gasteiger partial charge in [0.25, 0.3) is 11.8 Å². The second-order valence-corrected chi connectivity index (χ2v) is 5.99. The number of aromatic nitrogens is 2. The van der Waals surface area contributed by atoms with Crippen molar-refractivity contribution in [3.63, 3.8) is 0 Å². The molecule has 114 valence electrons. The van der Waals surface area contributed by atoms with Crippen LogP contribution in [0.2, 0.25) is 0 Å². The number of imide groups is 1. The number of fused-ring (bicyclic) bond motifs is 8. The van der Waals surface area contributed by atoms with Gasteiger partial charge in [-0.3, -0.25) is 14.9 Å². The normalized spacial score (nSPS) is 16.0. The van der Waals surface area contributed by atoms with Crippen LogP contribution in [0, 0.1) is 0 Å². The third-order valence-electron chi connectivity index (χ3n) is 4.86. The fraction of sp³-hybridized carbons (Fsp3) is 0.235. The first-order valence-corrected chi connectivity index (χ1v) is 7.58. The van der Waals surface area contributed by atoms with Crippen molar-refractivity contribution in [2.75, 3.05) is 7.11 Å². The SMILES string of the molecule is COc1cnc2[nH]c3c4c(c5c(c3c2c1)C(=O)NC5=O)CCC4. The monoisotopic (exact) mass is 307 g/mol. The zero-order valence-corrected chi connectivity index (χ0v) is 12.4. The Morgan fingerprint density at radius 2 is 1.91 bits per heavy atom. The molecule has 0 fully saturated rings. The molecule has 5 rings (SSSR count). The molecule has 2 amide bonds. The van der Waals surface area contributed by atoms with Crippen molar-refractivity contribution >= 4 is 33.8 Å². The van der Waals surface area contributed by atoms with Crippen molar-refractivity contribution < 1.29 is 14.3 Å². The molecule has 2 aromatic heterocycles. The average molecular weight is 307 g/mol. The zero-order chi connectivity index (χ0) is 15.7. The quantitative estimate of drug-likeness (QED) is 0.674. The maximum Gasteiger partial charge on any atom is 0.259 e. The third-order valence-corrected chi connectivity index (χ3v) is 4.86. The summed E-state index contributed by atoms with van der Waals surface area (Å²) < 4.78 is 5.26. The molecule has 6 heteroatoms. The van der Waals surface area contributed by atoms with Crippen LogP contribution >= 0.6 is 0 Å². The zero-order valence-electron chi connectivity index (χ0n) is 12.4. The van der Waals surface area contributed by atoms with Gasteiger partial charge < -0.3 is 9.72 Å². The number of nitrogens with one attached hydrogen (secondary N) is 2. The largest absolute Gasteiger partial charge is 0.495 e. The average Bonchev–Trinajstić information content (AvgIpc) is 3.22. The predicted octanol–water partition coefficient (Wildman–Crippen LogP) is 2.10. The highest BCUT2D eigenvalue weighted by Gasteiger charge is 2.36. The van der Waals surface area contributed by atoms with E-state index in [4.69, 9.17) is 4.74 Å². The molecule has 23 heavy (non-hydrogen) atoms. The first-order chi connectivity index (χ1) is 11.2. The lowest BCUT2D eigenvalue weighted by Crippen LogP contribution is -2.20. The van der Waals surface area contributed by atoms with Crippen LogP contribution in [-0.2, 0) is 12.8 Å². The molecule has 0 unspecified atom stereocenters. The fourth-order valence-corrected chi connectivity index (χ4v) is 3.93. The van der Waals surface area contributed by atoms with Gasteiger partial charge in [0.2, 0.25) is 0 Å². The predicted molar refractivity (Wildman–Crippen MR) is 84.0 cm³/mol. The van der Waals surface area contributed by atoms with E-state index in [2.05, 4.69) is 15.3 Å². The van der Waals surface area contributed by atoms with Crippen molar-refractivity contribution in [3.05, 3.63) is 34.5 Å². The number of ether oxygens (including phenoxy) is 1. The van der Waals surface area contributed by atoms with Crippen LogP contribution in [0.1, 0.15) is 38.3 Å². The number of hydrogen-bond donors (Lipinski definition) is 2. The standard InChI is InChI=1S/C17H13N3O3/c1-23-7-5-10-11-13-12(16(21)20-17(13)22)8-3-2-4-9(8)14(11)19-15(10)18-6-7/h5-6H,2-4H2,1H3,(H,18,19)(H,20,21,22). The molecule has 1 aliphatic heterocycles. The lowest BCUT2D eigenvalue weighted by Gasteiger charge is -2.07. The highest BCUT2D eigenvalue weighted by atomic mass is 16.5. The third kappa shape index (κ3) is 1.45. The molecule has 6 nitrogen and oxygen atoms in total. The molecule has 0 bridgehead atoms. The Balaban J connectivity index is 2.04. The minimum absolute atomic E-state index is 0.282. The molecule has 0 radical (unpaired) electrons. The van der Waals surface area contributed by atoms with E-state index < -0.39 is 0 Å². The molecule has 0 spiro atoms. The van der Waals surface area contributed by atoms with Gasteiger partial charge in [0.15, 0.2) is 0 Å². The summed E-state index contributed by atoms with van der Waals surface area (Å²) in [5.41, 5.74) is 4.81. The molecule has 1 aliphatic carbocycles. The molecule has 1 aromatic carbocycles. The highest BCUT2D eigenvalue weighted by molar-refractivity contribution is 6.31.